The van der Waals surface area contributed by atoms with Gasteiger partial charge < -0.3 is 4.74 Å². The van der Waals surface area contributed by atoms with Gasteiger partial charge in [0.25, 0.3) is 11.1 Å². The van der Waals surface area contributed by atoms with Crippen molar-refractivity contribution in [1.82, 2.24) is 4.90 Å². The Morgan fingerprint density at radius 2 is 1.69 bits per heavy atom. The van der Waals surface area contributed by atoms with Crippen LogP contribution in [0.1, 0.15) is 16.7 Å². The van der Waals surface area contributed by atoms with Crippen LogP contribution in [-0.2, 0) is 17.9 Å². The van der Waals surface area contributed by atoms with E-state index in [0.29, 0.717) is 17.1 Å². The summed E-state index contributed by atoms with van der Waals surface area (Å²) in [6.45, 7) is 0.563. The predicted octanol–water partition coefficient (Wildman–Crippen LogP) is 7.01. The maximum atomic E-state index is 13.1. The maximum absolute atomic E-state index is 13.1. The fourth-order valence-electron chi connectivity index (χ4n) is 3.03. The quantitative estimate of drug-likeness (QED) is 0.219. The highest BCUT2D eigenvalue weighted by Gasteiger charge is 2.35. The van der Waals surface area contributed by atoms with E-state index in [1.54, 1.807) is 18.2 Å². The minimum absolute atomic E-state index is 0.114. The summed E-state index contributed by atoms with van der Waals surface area (Å²) in [5.41, 5.74) is 2.55. The Morgan fingerprint density at radius 1 is 1.00 bits per heavy atom. The van der Waals surface area contributed by atoms with Gasteiger partial charge in [0.2, 0.25) is 0 Å². The summed E-state index contributed by atoms with van der Waals surface area (Å²) in [7, 11) is 0. The number of hydrogen-bond acceptors (Lipinski definition) is 4. The molecule has 0 atom stereocenters. The lowest BCUT2D eigenvalue weighted by Crippen LogP contribution is -2.27. The molecule has 0 radical (unpaired) electrons. The Bertz CT molecular complexity index is 1200. The highest BCUT2D eigenvalue weighted by Crippen LogP contribution is 2.34. The third-order valence-corrected chi connectivity index (χ3v) is 6.97. The van der Waals surface area contributed by atoms with Gasteiger partial charge in [-0.1, -0.05) is 46.3 Å². The molecule has 0 bridgehead atoms. The van der Waals surface area contributed by atoms with Gasteiger partial charge in [-0.25, -0.2) is 4.39 Å². The summed E-state index contributed by atoms with van der Waals surface area (Å²) in [6, 6.07) is 19.3. The number of amides is 2. The van der Waals surface area contributed by atoms with Crippen LogP contribution in [0.3, 0.4) is 0 Å². The van der Waals surface area contributed by atoms with E-state index in [2.05, 4.69) is 38.5 Å². The van der Waals surface area contributed by atoms with Gasteiger partial charge in [0, 0.05) is 4.47 Å². The van der Waals surface area contributed by atoms with Crippen LogP contribution in [0.4, 0.5) is 9.18 Å². The first-order valence-corrected chi connectivity index (χ1v) is 12.2. The van der Waals surface area contributed by atoms with Gasteiger partial charge in [-0.15, -0.1) is 0 Å². The third-order valence-electron chi connectivity index (χ3n) is 4.69. The molecular weight excluding hydrogens is 608 g/mol. The zero-order valence-electron chi connectivity index (χ0n) is 16.6. The SMILES string of the molecule is O=C1SC(=Cc2ccc(OCc3ccc(Br)cc3)c(I)c2)C(=O)N1Cc1ccc(F)cc1. The second-order valence-corrected chi connectivity index (χ2v) is 10.1. The number of thioether (sulfide) groups is 1. The van der Waals surface area contributed by atoms with Gasteiger partial charge in [0.05, 0.1) is 15.0 Å². The average molecular weight is 624 g/mol. The zero-order chi connectivity index (χ0) is 22.7. The number of halogens is 3. The molecule has 1 aliphatic heterocycles. The molecule has 1 fully saturated rings. The molecule has 8 heteroatoms. The van der Waals surface area contributed by atoms with Crippen LogP contribution in [-0.4, -0.2) is 16.0 Å². The molecule has 0 aliphatic carbocycles. The summed E-state index contributed by atoms with van der Waals surface area (Å²) in [5, 5.41) is -0.338. The molecule has 3 aromatic carbocycles. The van der Waals surface area contributed by atoms with Crippen molar-refractivity contribution in [1.29, 1.82) is 0 Å². The molecule has 2 amide bonds. The molecule has 32 heavy (non-hydrogen) atoms. The Balaban J connectivity index is 1.44. The van der Waals surface area contributed by atoms with E-state index in [9.17, 15) is 14.0 Å². The molecule has 1 aliphatic rings. The van der Waals surface area contributed by atoms with E-state index in [4.69, 9.17) is 4.74 Å². The van der Waals surface area contributed by atoms with E-state index >= 15 is 0 Å². The van der Waals surface area contributed by atoms with Crippen LogP contribution in [0, 0.1) is 9.39 Å². The number of rotatable bonds is 6. The molecule has 0 aromatic heterocycles. The molecule has 1 heterocycles. The van der Waals surface area contributed by atoms with Gasteiger partial charge in [0.1, 0.15) is 18.2 Å². The number of nitrogens with zero attached hydrogens (tertiary/aromatic N) is 1. The fraction of sp³-hybridized carbons (Fsp3) is 0.0833. The van der Waals surface area contributed by atoms with Crippen LogP contribution >= 0.6 is 50.3 Å². The lowest BCUT2D eigenvalue weighted by Gasteiger charge is -2.12. The van der Waals surface area contributed by atoms with E-state index in [-0.39, 0.29) is 23.5 Å². The average Bonchev–Trinajstić information content (AvgIpc) is 3.03. The molecule has 1 saturated heterocycles. The summed E-state index contributed by atoms with van der Waals surface area (Å²) < 4.78 is 20.9. The van der Waals surface area contributed by atoms with Crippen molar-refractivity contribution < 1.29 is 18.7 Å². The van der Waals surface area contributed by atoms with Gasteiger partial charge in [-0.3, -0.25) is 14.5 Å². The normalized spacial score (nSPS) is 15.0. The van der Waals surface area contributed by atoms with Gasteiger partial charge in [-0.2, -0.15) is 0 Å². The molecule has 0 unspecified atom stereocenters. The van der Waals surface area contributed by atoms with Crippen molar-refractivity contribution in [2.45, 2.75) is 13.2 Å². The fourth-order valence-corrected chi connectivity index (χ4v) is 4.82. The molecule has 4 nitrogen and oxygen atoms in total. The molecule has 162 valence electrons. The Morgan fingerprint density at radius 3 is 2.38 bits per heavy atom. The first-order chi connectivity index (χ1) is 15.4. The van der Waals surface area contributed by atoms with E-state index in [1.165, 1.54) is 17.0 Å². The van der Waals surface area contributed by atoms with E-state index < -0.39 is 0 Å². The summed E-state index contributed by atoms with van der Waals surface area (Å²) in [6.07, 6.45) is 1.70. The standard InChI is InChI=1S/C24H16BrFINO3S/c25-18-6-1-16(2-7-18)14-31-21-10-5-17(11-20(21)27)12-22-23(29)28(24(30)32-22)13-15-3-8-19(26)9-4-15/h1-12H,13-14H2. The van der Waals surface area contributed by atoms with Gasteiger partial charge >= 0.3 is 0 Å². The molecular formula is C24H16BrFINO3S. The molecule has 0 N–H and O–H groups in total. The lowest BCUT2D eigenvalue weighted by atomic mass is 10.2. The van der Waals surface area contributed by atoms with Crippen LogP contribution in [0.5, 0.6) is 5.75 Å². The first kappa shape index (κ1) is 23.0. The second-order valence-electron chi connectivity index (χ2n) is 7.00. The van der Waals surface area contributed by atoms with Crippen molar-refractivity contribution in [2.24, 2.45) is 0 Å². The Labute approximate surface area is 211 Å². The topological polar surface area (TPSA) is 46.6 Å². The second kappa shape index (κ2) is 10.2. The Hall–Kier alpha value is -2.17. The first-order valence-electron chi connectivity index (χ1n) is 9.55. The highest BCUT2D eigenvalue weighted by atomic mass is 127. The van der Waals surface area contributed by atoms with E-state index in [1.807, 2.05) is 42.5 Å². The minimum Gasteiger partial charge on any atom is -0.488 e. The summed E-state index contributed by atoms with van der Waals surface area (Å²) >= 11 is 6.51. The predicted molar refractivity (Wildman–Crippen MR) is 136 cm³/mol. The van der Waals surface area contributed by atoms with Crippen molar-refractivity contribution in [3.8, 4) is 5.75 Å². The summed E-state index contributed by atoms with van der Waals surface area (Å²) in [5.74, 6) is 0.0339. The third kappa shape index (κ3) is 5.60. The van der Waals surface area contributed by atoms with Crippen LogP contribution < -0.4 is 4.74 Å². The van der Waals surface area contributed by atoms with Crippen LogP contribution in [0.25, 0.3) is 6.08 Å². The molecule has 3 aromatic rings. The highest BCUT2D eigenvalue weighted by molar-refractivity contribution is 14.1. The number of hydrogen-bond donors (Lipinski definition) is 0. The number of ether oxygens (including phenoxy) is 1. The van der Waals surface area contributed by atoms with Crippen molar-refractivity contribution in [3.63, 3.8) is 0 Å². The van der Waals surface area contributed by atoms with Crippen LogP contribution in [0.2, 0.25) is 0 Å². The molecule has 0 saturated carbocycles. The lowest BCUT2D eigenvalue weighted by molar-refractivity contribution is -0.123. The number of benzene rings is 3. The van der Waals surface area contributed by atoms with Gasteiger partial charge in [0.15, 0.2) is 0 Å². The Kier molecular flexibility index (Phi) is 7.32. The van der Waals surface area contributed by atoms with Crippen molar-refractivity contribution in [2.75, 3.05) is 0 Å². The zero-order valence-corrected chi connectivity index (χ0v) is 21.1. The van der Waals surface area contributed by atoms with Crippen LogP contribution in [0.15, 0.2) is 76.1 Å². The smallest absolute Gasteiger partial charge is 0.293 e. The molecule has 0 spiro atoms. The number of imide groups is 1. The minimum atomic E-state index is -0.360. The molecule has 4 rings (SSSR count). The van der Waals surface area contributed by atoms with Crippen molar-refractivity contribution >= 4 is 67.5 Å². The largest absolute Gasteiger partial charge is 0.488 e. The van der Waals surface area contributed by atoms with Gasteiger partial charge in [-0.05, 0) is 93.5 Å². The number of carbonyl (C=O) groups is 2. The summed E-state index contributed by atoms with van der Waals surface area (Å²) in [4.78, 5) is 26.6. The van der Waals surface area contributed by atoms with Crippen molar-refractivity contribution in [3.05, 3.63) is 102 Å². The number of carbonyl (C=O) groups excluding carboxylic acids is 2. The monoisotopic (exact) mass is 623 g/mol. The van der Waals surface area contributed by atoms with E-state index in [0.717, 1.165) is 36.7 Å². The maximum Gasteiger partial charge on any atom is 0.293 e.